The van der Waals surface area contributed by atoms with Crippen LogP contribution in [0.25, 0.3) is 0 Å². The van der Waals surface area contributed by atoms with Gasteiger partial charge in [-0.1, -0.05) is 68.1 Å². The van der Waals surface area contributed by atoms with Crippen molar-refractivity contribution in [2.45, 2.75) is 97.2 Å². The molecule has 2 saturated heterocycles. The van der Waals surface area contributed by atoms with Crippen LogP contribution >= 0.6 is 0 Å². The molecule has 2 fully saturated rings. The lowest BCUT2D eigenvalue weighted by Gasteiger charge is -2.28. The Morgan fingerprint density at radius 3 is 1.76 bits per heavy atom. The van der Waals surface area contributed by atoms with E-state index < -0.39 is 24.0 Å². The maximum absolute atomic E-state index is 13.9. The van der Waals surface area contributed by atoms with E-state index in [9.17, 15) is 13.6 Å². The van der Waals surface area contributed by atoms with Gasteiger partial charge in [0.15, 0.2) is 0 Å². The predicted molar refractivity (Wildman–Crippen MR) is 160 cm³/mol. The number of rotatable bonds is 6. The number of benzene rings is 2. The van der Waals surface area contributed by atoms with Gasteiger partial charge < -0.3 is 24.0 Å². The van der Waals surface area contributed by atoms with Gasteiger partial charge in [-0.2, -0.15) is 0 Å². The number of ether oxygens (including phenoxy) is 3. The minimum Gasteiger partial charge on any atom is -0.444 e. The molecule has 0 saturated carbocycles. The van der Waals surface area contributed by atoms with Crippen molar-refractivity contribution in [2.75, 3.05) is 33.2 Å². The monoisotopic (exact) mass is 576 g/mol. The van der Waals surface area contributed by atoms with E-state index in [2.05, 4.69) is 4.90 Å². The molecule has 2 aliphatic rings. The van der Waals surface area contributed by atoms with Crippen molar-refractivity contribution in [1.82, 2.24) is 9.80 Å². The zero-order chi connectivity index (χ0) is 29.0. The molecule has 230 valence electrons. The summed E-state index contributed by atoms with van der Waals surface area (Å²) in [6, 6.07) is 19.8. The van der Waals surface area contributed by atoms with Crippen LogP contribution in [0.1, 0.15) is 65.0 Å². The van der Waals surface area contributed by atoms with E-state index in [1.807, 2.05) is 88.5 Å². The highest BCUT2D eigenvalue weighted by atomic mass is 19.1. The molecule has 41 heavy (non-hydrogen) atoms. The minimum absolute atomic E-state index is 0. The smallest absolute Gasteiger partial charge is 0.410 e. The summed E-state index contributed by atoms with van der Waals surface area (Å²) in [5.41, 5.74) is 1.63. The average molecular weight is 577 g/mol. The molecule has 2 aromatic carbocycles. The van der Waals surface area contributed by atoms with Crippen molar-refractivity contribution >= 4 is 6.09 Å². The van der Waals surface area contributed by atoms with Crippen molar-refractivity contribution in [3.05, 3.63) is 71.8 Å². The van der Waals surface area contributed by atoms with Gasteiger partial charge in [0.2, 0.25) is 0 Å². The highest BCUT2D eigenvalue weighted by Crippen LogP contribution is 2.21. The molecule has 8 heteroatoms. The topological polar surface area (TPSA) is 51.2 Å². The van der Waals surface area contributed by atoms with E-state index >= 15 is 0 Å². The summed E-state index contributed by atoms with van der Waals surface area (Å²) in [6.07, 6.45) is -0.600. The fraction of sp³-hybridized carbons (Fsp3) is 0.606. The largest absolute Gasteiger partial charge is 0.444 e. The summed E-state index contributed by atoms with van der Waals surface area (Å²) in [5.74, 6) is 0. The second-order valence-electron chi connectivity index (χ2n) is 11.8. The summed E-state index contributed by atoms with van der Waals surface area (Å²) in [4.78, 5) is 15.9. The molecular weight excluding hydrogens is 526 g/mol. The summed E-state index contributed by atoms with van der Waals surface area (Å²) in [7, 11) is 2.02. The van der Waals surface area contributed by atoms with Crippen molar-refractivity contribution < 1.29 is 27.8 Å². The Morgan fingerprint density at radius 1 is 0.805 bits per heavy atom. The molecule has 4 unspecified atom stereocenters. The summed E-state index contributed by atoms with van der Waals surface area (Å²) in [5, 5.41) is 0. The van der Waals surface area contributed by atoms with Crippen molar-refractivity contribution in [3.8, 4) is 0 Å². The number of halogens is 2. The van der Waals surface area contributed by atoms with Gasteiger partial charge in [0.1, 0.15) is 17.9 Å². The van der Waals surface area contributed by atoms with Crippen LogP contribution in [0.5, 0.6) is 0 Å². The van der Waals surface area contributed by atoms with Crippen molar-refractivity contribution in [3.63, 3.8) is 0 Å². The van der Waals surface area contributed by atoms with Gasteiger partial charge in [0.25, 0.3) is 0 Å². The first-order valence-electron chi connectivity index (χ1n) is 14.3. The van der Waals surface area contributed by atoms with E-state index in [4.69, 9.17) is 14.2 Å². The van der Waals surface area contributed by atoms with Crippen molar-refractivity contribution in [2.24, 2.45) is 0 Å². The van der Waals surface area contributed by atoms with E-state index in [0.717, 1.165) is 24.2 Å². The molecule has 4 rings (SSSR count). The number of carbonyl (C=O) groups is 1. The predicted octanol–water partition coefficient (Wildman–Crippen LogP) is 7.21. The SMILES string of the molecule is C.CC(C)(C)OC(=O)N1CCC(F)CC(OCc2ccccc2)C1.CN1CCC(F)CC(OCc2ccccc2)C1. The third-order valence-corrected chi connectivity index (χ3v) is 6.82. The Kier molecular flexibility index (Phi) is 14.7. The standard InChI is InChI=1S/C18H26FNO3.C14H20FNO.CH4/c1-18(2,3)23-17(21)20-10-9-15(19)11-16(12-20)22-13-14-7-5-4-6-8-14;1-16-8-7-13(15)9-14(10-16)17-11-12-5-3-2-4-6-12;/h4-8,15-16H,9-13H2,1-3H3;2-6,13-14H,7-11H2,1H3;1H4. The first-order chi connectivity index (χ1) is 19.1. The number of amides is 1. The lowest BCUT2D eigenvalue weighted by atomic mass is 10.1. The number of likely N-dealkylation sites (tertiary alicyclic amines) is 2. The maximum atomic E-state index is 13.9. The molecule has 4 atom stereocenters. The number of hydrogen-bond acceptors (Lipinski definition) is 5. The molecule has 2 heterocycles. The fourth-order valence-corrected chi connectivity index (χ4v) is 4.70. The third kappa shape index (κ3) is 13.8. The molecule has 0 aromatic heterocycles. The quantitative estimate of drug-likeness (QED) is 0.364. The minimum atomic E-state index is -0.955. The van der Waals surface area contributed by atoms with Crippen LogP contribution in [-0.2, 0) is 27.4 Å². The van der Waals surface area contributed by atoms with Crippen LogP contribution in [0.4, 0.5) is 13.6 Å². The van der Waals surface area contributed by atoms with Crippen LogP contribution in [0.15, 0.2) is 60.7 Å². The summed E-state index contributed by atoms with van der Waals surface area (Å²) < 4.78 is 44.5. The molecular formula is C33H50F2N2O4. The number of hydrogen-bond donors (Lipinski definition) is 0. The summed E-state index contributed by atoms with van der Waals surface area (Å²) in [6.45, 7) is 8.84. The fourth-order valence-electron chi connectivity index (χ4n) is 4.70. The molecule has 1 amide bonds. The average Bonchev–Trinajstić information content (AvgIpc) is 3.21. The highest BCUT2D eigenvalue weighted by Gasteiger charge is 2.30. The van der Waals surface area contributed by atoms with Gasteiger partial charge in [0.05, 0.1) is 32.0 Å². The lowest BCUT2D eigenvalue weighted by Crippen LogP contribution is -2.40. The summed E-state index contributed by atoms with van der Waals surface area (Å²) >= 11 is 0. The lowest BCUT2D eigenvalue weighted by molar-refractivity contribution is -0.00667. The molecule has 2 aliphatic heterocycles. The van der Waals surface area contributed by atoms with Gasteiger partial charge >= 0.3 is 6.09 Å². The Balaban J connectivity index is 0.000000292. The van der Waals surface area contributed by atoms with E-state index in [-0.39, 0.29) is 19.6 Å². The van der Waals surface area contributed by atoms with Crippen LogP contribution < -0.4 is 0 Å². The van der Waals surface area contributed by atoms with E-state index in [0.29, 0.717) is 52.0 Å². The Hall–Kier alpha value is -2.55. The Labute approximate surface area is 246 Å². The van der Waals surface area contributed by atoms with Gasteiger partial charge in [0, 0.05) is 32.5 Å². The molecule has 6 nitrogen and oxygen atoms in total. The van der Waals surface area contributed by atoms with Gasteiger partial charge in [-0.3, -0.25) is 0 Å². The normalized spacial score (nSPS) is 23.7. The van der Waals surface area contributed by atoms with Crippen LogP contribution in [0, 0.1) is 0 Å². The third-order valence-electron chi connectivity index (χ3n) is 6.82. The number of likely N-dealkylation sites (N-methyl/N-ethyl adjacent to an activating group) is 1. The molecule has 0 spiro atoms. The van der Waals surface area contributed by atoms with Gasteiger partial charge in [-0.15, -0.1) is 0 Å². The van der Waals surface area contributed by atoms with Crippen LogP contribution in [-0.4, -0.2) is 79.3 Å². The first kappa shape index (κ1) is 34.7. The first-order valence-corrected chi connectivity index (χ1v) is 14.3. The van der Waals surface area contributed by atoms with Crippen molar-refractivity contribution in [1.29, 1.82) is 0 Å². The van der Waals surface area contributed by atoms with Gasteiger partial charge in [-0.05, 0) is 51.8 Å². The number of carbonyl (C=O) groups excluding carboxylic acids is 1. The highest BCUT2D eigenvalue weighted by molar-refractivity contribution is 5.68. The Morgan fingerprint density at radius 2 is 1.27 bits per heavy atom. The molecule has 0 radical (unpaired) electrons. The Bertz CT molecular complexity index is 978. The zero-order valence-corrected chi connectivity index (χ0v) is 24.4. The number of nitrogens with zero attached hydrogens (tertiary/aromatic N) is 2. The van der Waals surface area contributed by atoms with E-state index in [1.54, 1.807) is 4.90 Å². The van der Waals surface area contributed by atoms with Crippen LogP contribution in [0.2, 0.25) is 0 Å². The molecule has 0 N–H and O–H groups in total. The zero-order valence-electron chi connectivity index (χ0n) is 24.4. The van der Waals surface area contributed by atoms with Crippen LogP contribution in [0.3, 0.4) is 0 Å². The molecule has 0 aliphatic carbocycles. The molecule has 2 aromatic rings. The van der Waals surface area contributed by atoms with E-state index in [1.165, 1.54) is 0 Å². The van der Waals surface area contributed by atoms with Gasteiger partial charge in [-0.25, -0.2) is 13.6 Å². The molecule has 0 bridgehead atoms. The second-order valence-corrected chi connectivity index (χ2v) is 11.8. The number of alkyl halides is 2. The second kappa shape index (κ2) is 17.4. The maximum Gasteiger partial charge on any atom is 0.410 e.